The van der Waals surface area contributed by atoms with Crippen LogP contribution in [-0.4, -0.2) is 52.0 Å². The number of fused-ring (bicyclic) bond motifs is 4. The van der Waals surface area contributed by atoms with Gasteiger partial charge < -0.3 is 9.47 Å². The lowest BCUT2D eigenvalue weighted by molar-refractivity contribution is 0.0548. The van der Waals surface area contributed by atoms with Gasteiger partial charge in [0.2, 0.25) is 0 Å². The highest BCUT2D eigenvalue weighted by Crippen LogP contribution is 2.45. The van der Waals surface area contributed by atoms with Crippen LogP contribution in [0.1, 0.15) is 59.9 Å². The van der Waals surface area contributed by atoms with Crippen molar-refractivity contribution in [3.05, 3.63) is 53.9 Å². The van der Waals surface area contributed by atoms with Gasteiger partial charge in [-0.05, 0) is 49.9 Å². The molecule has 6 rings (SSSR count). The van der Waals surface area contributed by atoms with Crippen LogP contribution in [0, 0.1) is 0 Å². The van der Waals surface area contributed by atoms with E-state index in [0.717, 1.165) is 36.7 Å². The Morgan fingerprint density at radius 2 is 1.83 bits per heavy atom. The highest BCUT2D eigenvalue weighted by Gasteiger charge is 2.46. The minimum Gasteiger partial charge on any atom is -0.349 e. The molecule has 35 heavy (non-hydrogen) atoms. The summed E-state index contributed by atoms with van der Waals surface area (Å²) in [5.74, 6) is -0.0687. The number of nitrogens with zero attached hydrogens (tertiary/aromatic N) is 7. The normalized spacial score (nSPS) is 21.0. The molecule has 0 aromatic carbocycles. The van der Waals surface area contributed by atoms with Crippen LogP contribution < -0.4 is 0 Å². The van der Waals surface area contributed by atoms with Crippen molar-refractivity contribution >= 4 is 63.2 Å². The molecule has 2 bridgehead atoms. The summed E-state index contributed by atoms with van der Waals surface area (Å²) in [6.45, 7) is 0. The first-order valence-corrected chi connectivity index (χ1v) is 10.7. The van der Waals surface area contributed by atoms with Crippen molar-refractivity contribution in [2.24, 2.45) is 7.05 Å². The summed E-state index contributed by atoms with van der Waals surface area (Å²) >= 11 is 0. The maximum absolute atomic E-state index is 13.6. The Kier molecular flexibility index (Phi) is 8.02. The molecule has 0 saturated carbocycles. The average Bonchev–Trinajstić information content (AvgIpc) is 3.49. The second-order valence-corrected chi connectivity index (χ2v) is 8.60. The van der Waals surface area contributed by atoms with E-state index in [-0.39, 0.29) is 75.9 Å². The Morgan fingerprint density at radius 1 is 1.06 bits per heavy atom. The van der Waals surface area contributed by atoms with Gasteiger partial charge in [-0.3, -0.25) is 4.79 Å². The number of piperidine rings is 1. The van der Waals surface area contributed by atoms with Crippen LogP contribution in [0.15, 0.2) is 36.8 Å². The van der Waals surface area contributed by atoms with E-state index >= 15 is 0 Å². The fraction of sp³-hybridized carbons (Fsp3) is 0.409. The number of aryl methyl sites for hydroxylation is 1. The van der Waals surface area contributed by atoms with E-state index in [2.05, 4.69) is 20.1 Å². The van der Waals surface area contributed by atoms with Crippen molar-refractivity contribution < 1.29 is 13.6 Å². The summed E-state index contributed by atoms with van der Waals surface area (Å²) in [6, 6.07) is 7.03. The smallest absolute Gasteiger partial charge is 0.280 e. The first kappa shape index (κ1) is 27.2. The van der Waals surface area contributed by atoms with Crippen molar-refractivity contribution in [2.75, 3.05) is 0 Å². The molecule has 6 heterocycles. The van der Waals surface area contributed by atoms with E-state index in [1.165, 1.54) is 16.9 Å². The zero-order chi connectivity index (χ0) is 22.0. The first-order valence-electron chi connectivity index (χ1n) is 10.7. The van der Waals surface area contributed by atoms with Gasteiger partial charge in [-0.1, -0.05) is 0 Å². The molecule has 2 saturated heterocycles. The molecule has 4 aromatic heterocycles. The van der Waals surface area contributed by atoms with Gasteiger partial charge in [-0.15, -0.1) is 0 Å². The van der Waals surface area contributed by atoms with Crippen LogP contribution in [0.3, 0.4) is 0 Å². The number of alkyl halides is 2. The lowest BCUT2D eigenvalue weighted by Gasteiger charge is -2.40. The van der Waals surface area contributed by atoms with Gasteiger partial charge in [-0.25, -0.2) is 23.3 Å². The Bertz CT molecular complexity index is 1360. The third-order valence-electron chi connectivity index (χ3n) is 6.92. The number of carbonyl (C=O) groups is 1. The molecule has 0 unspecified atom stereocenters. The van der Waals surface area contributed by atoms with Gasteiger partial charge in [0.15, 0.2) is 0 Å². The number of pyridine rings is 1. The standard InChI is InChI=1S/C22H21F2N7O.3H2S/c1-29-9-8-14-18(29)7-5-15(27-14)21(32)30-12-2-4-13(17(30)6-3-12)19-10-16(20(23)24)28-22-25-11-26-31(19)22;;;/h5,7-13,17,20H,2-4,6H2,1H3;3*1H2/t12-,13-,17-;;;/m0.../s1. The molecule has 2 aliphatic heterocycles. The highest BCUT2D eigenvalue weighted by atomic mass is 32.1. The number of halogens is 2. The van der Waals surface area contributed by atoms with Gasteiger partial charge in [0.1, 0.15) is 17.7 Å². The average molecular weight is 540 g/mol. The number of carbonyl (C=O) groups excluding carboxylic acids is 1. The van der Waals surface area contributed by atoms with Gasteiger partial charge in [-0.2, -0.15) is 50.6 Å². The lowest BCUT2D eigenvalue weighted by Crippen LogP contribution is -2.48. The molecule has 13 heteroatoms. The van der Waals surface area contributed by atoms with Crippen molar-refractivity contribution in [1.82, 2.24) is 34.0 Å². The topological polar surface area (TPSA) is 81.2 Å². The zero-order valence-electron chi connectivity index (χ0n) is 18.9. The van der Waals surface area contributed by atoms with Gasteiger partial charge in [0.25, 0.3) is 18.1 Å². The van der Waals surface area contributed by atoms with Gasteiger partial charge >= 0.3 is 0 Å². The second-order valence-electron chi connectivity index (χ2n) is 8.60. The van der Waals surface area contributed by atoms with Crippen LogP contribution in [0.4, 0.5) is 8.78 Å². The Morgan fingerprint density at radius 3 is 2.60 bits per heavy atom. The van der Waals surface area contributed by atoms with Crippen molar-refractivity contribution in [2.45, 2.75) is 50.1 Å². The summed E-state index contributed by atoms with van der Waals surface area (Å²) in [7, 11) is 1.94. The number of amides is 1. The largest absolute Gasteiger partial charge is 0.349 e. The van der Waals surface area contributed by atoms with Gasteiger partial charge in [0.05, 0.1) is 16.7 Å². The lowest BCUT2D eigenvalue weighted by atomic mass is 9.86. The zero-order valence-corrected chi connectivity index (χ0v) is 21.9. The number of aromatic nitrogens is 6. The van der Waals surface area contributed by atoms with E-state index in [0.29, 0.717) is 11.4 Å². The Hall–Kier alpha value is -2.38. The fourth-order valence-electron chi connectivity index (χ4n) is 5.45. The highest BCUT2D eigenvalue weighted by molar-refractivity contribution is 7.59. The van der Waals surface area contributed by atoms with E-state index in [9.17, 15) is 13.6 Å². The Labute approximate surface area is 221 Å². The number of hydrogen-bond acceptors (Lipinski definition) is 5. The maximum Gasteiger partial charge on any atom is 0.280 e. The molecular formula is C22H27F2N7OS3. The van der Waals surface area contributed by atoms with Crippen LogP contribution in [0.25, 0.3) is 16.8 Å². The molecule has 4 aromatic rings. The van der Waals surface area contributed by atoms with Crippen molar-refractivity contribution in [1.29, 1.82) is 0 Å². The summed E-state index contributed by atoms with van der Waals surface area (Å²) in [6.07, 6.45) is 3.86. The van der Waals surface area contributed by atoms with E-state index in [1.54, 1.807) is 6.07 Å². The quantitative estimate of drug-likeness (QED) is 0.395. The molecule has 0 aliphatic carbocycles. The molecular weight excluding hydrogens is 512 g/mol. The van der Waals surface area contributed by atoms with E-state index < -0.39 is 6.43 Å². The molecule has 0 N–H and O–H groups in total. The number of rotatable bonds is 3. The SMILES string of the molecule is Cn1ccc2nc(C(=O)N3[C@H]4CC[C@H](c5cc(C(F)F)nc6ncnn56)[C@@H]3CC4)ccc21.S.S.S. The molecule has 2 fully saturated rings. The van der Waals surface area contributed by atoms with Gasteiger partial charge in [0, 0.05) is 31.2 Å². The molecule has 3 atom stereocenters. The van der Waals surface area contributed by atoms with E-state index in [4.69, 9.17) is 0 Å². The fourth-order valence-corrected chi connectivity index (χ4v) is 5.45. The summed E-state index contributed by atoms with van der Waals surface area (Å²) in [5.41, 5.74) is 2.48. The second kappa shape index (κ2) is 10.3. The molecule has 188 valence electrons. The van der Waals surface area contributed by atoms with Crippen LogP contribution in [0.5, 0.6) is 0 Å². The molecule has 8 nitrogen and oxygen atoms in total. The minimum absolute atomic E-state index is 0. The van der Waals surface area contributed by atoms with Crippen LogP contribution in [0.2, 0.25) is 0 Å². The predicted octanol–water partition coefficient (Wildman–Crippen LogP) is 3.84. The summed E-state index contributed by atoms with van der Waals surface area (Å²) in [4.78, 5) is 28.0. The van der Waals surface area contributed by atoms with Crippen molar-refractivity contribution in [3.63, 3.8) is 0 Å². The Balaban J connectivity index is 0.00000114. The van der Waals surface area contributed by atoms with E-state index in [1.807, 2.05) is 34.8 Å². The molecule has 0 spiro atoms. The molecule has 2 aliphatic rings. The minimum atomic E-state index is -2.70. The third-order valence-corrected chi connectivity index (χ3v) is 6.92. The predicted molar refractivity (Wildman–Crippen MR) is 143 cm³/mol. The molecule has 1 amide bonds. The monoisotopic (exact) mass is 539 g/mol. The summed E-state index contributed by atoms with van der Waals surface area (Å²) in [5, 5.41) is 4.22. The maximum atomic E-state index is 13.6. The molecule has 0 radical (unpaired) electrons. The third kappa shape index (κ3) is 4.38. The van der Waals surface area contributed by atoms with Crippen LogP contribution >= 0.6 is 40.5 Å². The summed E-state index contributed by atoms with van der Waals surface area (Å²) < 4.78 is 30.5. The number of hydrogen-bond donors (Lipinski definition) is 0. The van der Waals surface area contributed by atoms with Crippen molar-refractivity contribution in [3.8, 4) is 0 Å². The first-order chi connectivity index (χ1) is 15.5. The van der Waals surface area contributed by atoms with Crippen LogP contribution in [-0.2, 0) is 7.05 Å².